The Balaban J connectivity index is 1.84. The largest absolute Gasteiger partial charge is 0.492 e. The molecule has 0 radical (unpaired) electrons. The second kappa shape index (κ2) is 5.13. The van der Waals surface area contributed by atoms with E-state index in [1.807, 2.05) is 24.3 Å². The van der Waals surface area contributed by atoms with Crippen LogP contribution in [0.3, 0.4) is 0 Å². The van der Waals surface area contributed by atoms with Gasteiger partial charge >= 0.3 is 5.97 Å². The van der Waals surface area contributed by atoms with E-state index < -0.39 is 17.9 Å². The van der Waals surface area contributed by atoms with Crippen LogP contribution in [0, 0.1) is 0 Å². The molecule has 6 heteroatoms. The number of hydrogen-bond acceptors (Lipinski definition) is 4. The van der Waals surface area contributed by atoms with Crippen LogP contribution in [0.5, 0.6) is 5.75 Å². The molecule has 1 amide bonds. The Morgan fingerprint density at radius 3 is 2.85 bits per heavy atom. The van der Waals surface area contributed by atoms with Crippen LogP contribution in [0.15, 0.2) is 24.3 Å². The standard InChI is InChI=1S/C14H15NO5/c16-13(15-5-6-19-8-11(15)14(17)18)10-7-20-12-4-2-1-3-9(10)12/h1-4,10-11H,5-8H2,(H,17,18)/t10-,11+/m0/s1. The smallest absolute Gasteiger partial charge is 0.328 e. The van der Waals surface area contributed by atoms with E-state index in [1.54, 1.807) is 0 Å². The third kappa shape index (κ3) is 2.12. The third-order valence-corrected chi connectivity index (χ3v) is 3.69. The van der Waals surface area contributed by atoms with Crippen LogP contribution in [0.1, 0.15) is 11.5 Å². The molecule has 1 N–H and O–H groups in total. The fourth-order valence-electron chi connectivity index (χ4n) is 2.64. The van der Waals surface area contributed by atoms with Gasteiger partial charge in [-0.1, -0.05) is 18.2 Å². The quantitative estimate of drug-likeness (QED) is 0.850. The van der Waals surface area contributed by atoms with Gasteiger partial charge in [0.05, 0.1) is 13.2 Å². The molecular weight excluding hydrogens is 262 g/mol. The normalized spacial score (nSPS) is 24.9. The van der Waals surface area contributed by atoms with Crippen LogP contribution in [0.2, 0.25) is 0 Å². The zero-order valence-corrected chi connectivity index (χ0v) is 10.8. The number of amides is 1. The number of carbonyl (C=O) groups excluding carboxylic acids is 1. The molecule has 106 valence electrons. The first-order chi connectivity index (χ1) is 9.68. The number of carboxylic acid groups (broad SMARTS) is 1. The average Bonchev–Trinajstić information content (AvgIpc) is 2.90. The summed E-state index contributed by atoms with van der Waals surface area (Å²) in [7, 11) is 0. The van der Waals surface area contributed by atoms with Crippen molar-refractivity contribution < 1.29 is 24.2 Å². The summed E-state index contributed by atoms with van der Waals surface area (Å²) in [5.74, 6) is -0.965. The molecule has 20 heavy (non-hydrogen) atoms. The first-order valence-electron chi connectivity index (χ1n) is 6.51. The van der Waals surface area contributed by atoms with Crippen molar-refractivity contribution >= 4 is 11.9 Å². The Morgan fingerprint density at radius 1 is 1.25 bits per heavy atom. The van der Waals surface area contributed by atoms with Crippen LogP contribution < -0.4 is 4.74 Å². The van der Waals surface area contributed by atoms with Crippen molar-refractivity contribution in [2.24, 2.45) is 0 Å². The van der Waals surface area contributed by atoms with Crippen LogP contribution >= 0.6 is 0 Å². The van der Waals surface area contributed by atoms with E-state index in [1.165, 1.54) is 4.90 Å². The van der Waals surface area contributed by atoms with Gasteiger partial charge in [0.15, 0.2) is 6.04 Å². The summed E-state index contributed by atoms with van der Waals surface area (Å²) in [5, 5.41) is 9.19. The molecule has 6 nitrogen and oxygen atoms in total. The molecule has 1 aromatic rings. The number of carbonyl (C=O) groups is 2. The number of morpholine rings is 1. The van der Waals surface area contributed by atoms with Gasteiger partial charge < -0.3 is 19.5 Å². The Kier molecular flexibility index (Phi) is 3.31. The maximum Gasteiger partial charge on any atom is 0.328 e. The number of rotatable bonds is 2. The highest BCUT2D eigenvalue weighted by Gasteiger charge is 2.39. The molecule has 0 saturated carbocycles. The summed E-state index contributed by atoms with van der Waals surface area (Å²) in [6.07, 6.45) is 0. The van der Waals surface area contributed by atoms with E-state index in [2.05, 4.69) is 0 Å². The lowest BCUT2D eigenvalue weighted by Gasteiger charge is -2.34. The molecule has 2 heterocycles. The van der Waals surface area contributed by atoms with Crippen LogP contribution in [-0.4, -0.2) is 54.3 Å². The highest BCUT2D eigenvalue weighted by molar-refractivity contribution is 5.89. The van der Waals surface area contributed by atoms with E-state index >= 15 is 0 Å². The minimum Gasteiger partial charge on any atom is -0.492 e. The molecule has 0 unspecified atom stereocenters. The summed E-state index contributed by atoms with van der Waals surface area (Å²) in [6.45, 7) is 0.970. The van der Waals surface area contributed by atoms with Gasteiger partial charge in [0.2, 0.25) is 5.91 Å². The zero-order chi connectivity index (χ0) is 14.1. The van der Waals surface area contributed by atoms with E-state index in [0.29, 0.717) is 18.9 Å². The lowest BCUT2D eigenvalue weighted by molar-refractivity contribution is -0.159. The molecule has 1 saturated heterocycles. The van der Waals surface area contributed by atoms with Gasteiger partial charge in [-0.15, -0.1) is 0 Å². The van der Waals surface area contributed by atoms with E-state index in [-0.39, 0.29) is 19.1 Å². The van der Waals surface area contributed by atoms with Gasteiger partial charge in [-0.05, 0) is 6.07 Å². The second-order valence-corrected chi connectivity index (χ2v) is 4.86. The maximum atomic E-state index is 12.6. The van der Waals surface area contributed by atoms with E-state index in [9.17, 15) is 14.7 Å². The van der Waals surface area contributed by atoms with E-state index in [4.69, 9.17) is 9.47 Å². The Hall–Kier alpha value is -2.08. The van der Waals surface area contributed by atoms with Crippen molar-refractivity contribution in [3.8, 4) is 5.75 Å². The monoisotopic (exact) mass is 277 g/mol. The number of benzene rings is 1. The third-order valence-electron chi connectivity index (χ3n) is 3.69. The Bertz CT molecular complexity index is 544. The Labute approximate surface area is 115 Å². The van der Waals surface area contributed by atoms with Crippen LogP contribution in [-0.2, 0) is 14.3 Å². The summed E-state index contributed by atoms with van der Waals surface area (Å²) in [4.78, 5) is 25.2. The first kappa shape index (κ1) is 12.9. The number of aliphatic carboxylic acids is 1. The minimum absolute atomic E-state index is 0.0380. The zero-order valence-electron chi connectivity index (χ0n) is 10.8. The molecule has 0 bridgehead atoms. The van der Waals surface area contributed by atoms with Crippen molar-refractivity contribution in [1.29, 1.82) is 0 Å². The molecule has 2 aliphatic heterocycles. The maximum absolute atomic E-state index is 12.6. The molecule has 0 spiro atoms. The minimum atomic E-state index is -1.04. The summed E-state index contributed by atoms with van der Waals surface area (Å²) >= 11 is 0. The number of para-hydroxylation sites is 1. The topological polar surface area (TPSA) is 76.1 Å². The molecule has 3 rings (SSSR count). The number of hydrogen-bond donors (Lipinski definition) is 1. The van der Waals surface area contributed by atoms with Gasteiger partial charge in [-0.25, -0.2) is 4.79 Å². The van der Waals surface area contributed by atoms with Crippen LogP contribution in [0.25, 0.3) is 0 Å². The van der Waals surface area contributed by atoms with Crippen molar-refractivity contribution in [3.05, 3.63) is 29.8 Å². The van der Waals surface area contributed by atoms with Crippen LogP contribution in [0.4, 0.5) is 0 Å². The van der Waals surface area contributed by atoms with Gasteiger partial charge in [-0.2, -0.15) is 0 Å². The molecule has 1 aromatic carbocycles. The van der Waals surface area contributed by atoms with Gasteiger partial charge in [-0.3, -0.25) is 4.79 Å². The lowest BCUT2D eigenvalue weighted by atomic mass is 9.99. The van der Waals surface area contributed by atoms with Gasteiger partial charge in [0.25, 0.3) is 0 Å². The number of fused-ring (bicyclic) bond motifs is 1. The van der Waals surface area contributed by atoms with Gasteiger partial charge in [0, 0.05) is 12.1 Å². The molecular formula is C14H15NO5. The lowest BCUT2D eigenvalue weighted by Crippen LogP contribution is -2.54. The molecule has 2 aliphatic rings. The fourth-order valence-corrected chi connectivity index (χ4v) is 2.64. The first-order valence-corrected chi connectivity index (χ1v) is 6.51. The highest BCUT2D eigenvalue weighted by Crippen LogP contribution is 2.35. The molecule has 1 fully saturated rings. The van der Waals surface area contributed by atoms with Crippen molar-refractivity contribution in [2.75, 3.05) is 26.4 Å². The van der Waals surface area contributed by atoms with Gasteiger partial charge in [0.1, 0.15) is 18.3 Å². The molecule has 0 aromatic heterocycles. The summed E-state index contributed by atoms with van der Waals surface area (Å²) in [6, 6.07) is 6.45. The predicted molar refractivity (Wildman–Crippen MR) is 68.6 cm³/mol. The van der Waals surface area contributed by atoms with E-state index in [0.717, 1.165) is 5.56 Å². The van der Waals surface area contributed by atoms with Crippen molar-refractivity contribution in [1.82, 2.24) is 4.90 Å². The number of carboxylic acids is 1. The SMILES string of the molecule is O=C(O)[C@H]1COCCN1C(=O)[C@H]1COc2ccccc21. The number of nitrogens with zero attached hydrogens (tertiary/aromatic N) is 1. The molecule has 0 aliphatic carbocycles. The predicted octanol–water partition coefficient (Wildman–Crippen LogP) is 0.475. The Morgan fingerprint density at radius 2 is 2.05 bits per heavy atom. The second-order valence-electron chi connectivity index (χ2n) is 4.86. The summed E-state index contributed by atoms with van der Waals surface area (Å²) in [5.41, 5.74) is 0.827. The van der Waals surface area contributed by atoms with Crippen molar-refractivity contribution in [3.63, 3.8) is 0 Å². The van der Waals surface area contributed by atoms with Crippen molar-refractivity contribution in [2.45, 2.75) is 12.0 Å². The number of ether oxygens (including phenoxy) is 2. The fraction of sp³-hybridized carbons (Fsp3) is 0.429. The molecule has 2 atom stereocenters. The highest BCUT2D eigenvalue weighted by atomic mass is 16.5. The summed E-state index contributed by atoms with van der Waals surface area (Å²) < 4.78 is 10.6. The average molecular weight is 277 g/mol.